The number of fused-ring (bicyclic) bond motifs is 1. The lowest BCUT2D eigenvalue weighted by Crippen LogP contribution is -2.41. The Bertz CT molecular complexity index is 1190. The quantitative estimate of drug-likeness (QED) is 0.615. The molecule has 1 unspecified atom stereocenters. The fraction of sp³-hybridized carbons (Fsp3) is 0.400. The van der Waals surface area contributed by atoms with E-state index in [1.165, 1.54) is 0 Å². The van der Waals surface area contributed by atoms with Crippen molar-refractivity contribution in [2.24, 2.45) is 0 Å². The fourth-order valence-electron chi connectivity index (χ4n) is 4.66. The smallest absolute Gasteiger partial charge is 0.273 e. The maximum atomic E-state index is 13.6. The Morgan fingerprint density at radius 3 is 2.64 bits per heavy atom. The van der Waals surface area contributed by atoms with Gasteiger partial charge in [0.15, 0.2) is 5.82 Å². The minimum atomic E-state index is -0.238. The SMILES string of the molecule is Cc1nc(C2CCCCN2C(=O)c2nccc3ccccc23)ncc1C(=O)N1CCOCC1. The molecule has 2 aliphatic heterocycles. The number of likely N-dealkylation sites (tertiary alicyclic amines) is 1. The minimum absolute atomic E-state index is 0.0705. The number of pyridine rings is 1. The number of carbonyl (C=O) groups excluding carboxylic acids is 2. The van der Waals surface area contributed by atoms with Gasteiger partial charge in [-0.1, -0.05) is 24.3 Å². The minimum Gasteiger partial charge on any atom is -0.378 e. The summed E-state index contributed by atoms with van der Waals surface area (Å²) in [6, 6.07) is 9.47. The van der Waals surface area contributed by atoms with Crippen molar-refractivity contribution in [1.82, 2.24) is 24.8 Å². The highest BCUT2D eigenvalue weighted by Crippen LogP contribution is 2.31. The predicted molar refractivity (Wildman–Crippen MR) is 123 cm³/mol. The molecular weight excluding hydrogens is 418 g/mol. The number of hydrogen-bond donors (Lipinski definition) is 0. The number of nitrogens with zero attached hydrogens (tertiary/aromatic N) is 5. The predicted octanol–water partition coefficient (Wildman–Crippen LogP) is 3.17. The van der Waals surface area contributed by atoms with Gasteiger partial charge in [0.1, 0.15) is 5.69 Å². The summed E-state index contributed by atoms with van der Waals surface area (Å²) in [7, 11) is 0. The number of hydrogen-bond acceptors (Lipinski definition) is 6. The van der Waals surface area contributed by atoms with E-state index < -0.39 is 0 Å². The molecule has 1 atom stereocenters. The van der Waals surface area contributed by atoms with E-state index >= 15 is 0 Å². The van der Waals surface area contributed by atoms with E-state index in [4.69, 9.17) is 9.72 Å². The third kappa shape index (κ3) is 4.18. The summed E-state index contributed by atoms with van der Waals surface area (Å²) in [4.78, 5) is 43.8. The number of morpholine rings is 1. The highest BCUT2D eigenvalue weighted by molar-refractivity contribution is 6.05. The molecule has 0 N–H and O–H groups in total. The maximum absolute atomic E-state index is 13.6. The zero-order chi connectivity index (χ0) is 22.8. The molecule has 3 aromatic rings. The third-order valence-electron chi connectivity index (χ3n) is 6.46. The molecule has 5 rings (SSSR count). The Morgan fingerprint density at radius 2 is 1.82 bits per heavy atom. The van der Waals surface area contributed by atoms with E-state index in [0.29, 0.717) is 55.6 Å². The average molecular weight is 446 g/mol. The molecule has 8 nitrogen and oxygen atoms in total. The molecule has 2 amide bonds. The largest absolute Gasteiger partial charge is 0.378 e. The number of rotatable bonds is 3. The Hall–Kier alpha value is -3.39. The summed E-state index contributed by atoms with van der Waals surface area (Å²) in [5.41, 5.74) is 1.60. The lowest BCUT2D eigenvalue weighted by atomic mass is 9.99. The van der Waals surface area contributed by atoms with E-state index in [-0.39, 0.29) is 17.9 Å². The van der Waals surface area contributed by atoms with Crippen LogP contribution in [0, 0.1) is 6.92 Å². The second-order valence-electron chi connectivity index (χ2n) is 8.52. The molecule has 0 saturated carbocycles. The summed E-state index contributed by atoms with van der Waals surface area (Å²) < 4.78 is 5.34. The summed E-state index contributed by atoms with van der Waals surface area (Å²) >= 11 is 0. The lowest BCUT2D eigenvalue weighted by molar-refractivity contribution is 0.0301. The van der Waals surface area contributed by atoms with Crippen LogP contribution in [0.4, 0.5) is 0 Å². The summed E-state index contributed by atoms with van der Waals surface area (Å²) in [6.07, 6.45) is 6.00. The van der Waals surface area contributed by atoms with Crippen molar-refractivity contribution in [2.45, 2.75) is 32.2 Å². The van der Waals surface area contributed by atoms with Crippen molar-refractivity contribution in [3.8, 4) is 0 Å². The first-order valence-corrected chi connectivity index (χ1v) is 11.5. The van der Waals surface area contributed by atoms with Gasteiger partial charge in [-0.25, -0.2) is 9.97 Å². The van der Waals surface area contributed by atoms with Crippen LogP contribution in [0.25, 0.3) is 10.8 Å². The van der Waals surface area contributed by atoms with E-state index in [2.05, 4.69) is 9.97 Å². The Kier molecular flexibility index (Phi) is 6.00. The molecule has 33 heavy (non-hydrogen) atoms. The van der Waals surface area contributed by atoms with Gasteiger partial charge < -0.3 is 14.5 Å². The number of aromatic nitrogens is 3. The molecule has 2 saturated heterocycles. The van der Waals surface area contributed by atoms with Crippen LogP contribution in [0.2, 0.25) is 0 Å². The van der Waals surface area contributed by atoms with E-state index in [1.54, 1.807) is 17.3 Å². The molecule has 8 heteroatoms. The molecule has 2 aromatic heterocycles. The number of amides is 2. The van der Waals surface area contributed by atoms with Crippen LogP contribution in [-0.4, -0.2) is 69.4 Å². The van der Waals surface area contributed by atoms with E-state index in [0.717, 1.165) is 30.0 Å². The van der Waals surface area contributed by atoms with Gasteiger partial charge in [0.05, 0.1) is 30.5 Å². The molecule has 0 radical (unpaired) electrons. The van der Waals surface area contributed by atoms with Crippen LogP contribution in [0.15, 0.2) is 42.7 Å². The summed E-state index contributed by atoms with van der Waals surface area (Å²) in [6.45, 7) is 4.70. The average Bonchev–Trinajstić information content (AvgIpc) is 2.88. The Morgan fingerprint density at radius 1 is 1.00 bits per heavy atom. The second-order valence-corrected chi connectivity index (χ2v) is 8.52. The molecule has 4 heterocycles. The molecule has 1 aromatic carbocycles. The van der Waals surface area contributed by atoms with Gasteiger partial charge in [0, 0.05) is 37.4 Å². The van der Waals surface area contributed by atoms with Crippen molar-refractivity contribution in [3.05, 3.63) is 65.5 Å². The van der Waals surface area contributed by atoms with Crippen molar-refractivity contribution in [3.63, 3.8) is 0 Å². The normalized spacial score (nSPS) is 19.0. The number of carbonyl (C=O) groups is 2. The molecule has 0 bridgehead atoms. The Labute approximate surface area is 192 Å². The van der Waals surface area contributed by atoms with Crippen LogP contribution in [0.3, 0.4) is 0 Å². The van der Waals surface area contributed by atoms with Gasteiger partial charge in [-0.2, -0.15) is 0 Å². The van der Waals surface area contributed by atoms with Gasteiger partial charge in [0.2, 0.25) is 0 Å². The van der Waals surface area contributed by atoms with Gasteiger partial charge in [-0.3, -0.25) is 14.6 Å². The topological polar surface area (TPSA) is 88.5 Å². The molecule has 0 spiro atoms. The van der Waals surface area contributed by atoms with Gasteiger partial charge >= 0.3 is 0 Å². The molecular formula is C25H27N5O3. The first-order valence-electron chi connectivity index (χ1n) is 11.5. The van der Waals surface area contributed by atoms with E-state index in [9.17, 15) is 9.59 Å². The molecule has 170 valence electrons. The van der Waals surface area contributed by atoms with Crippen LogP contribution in [0.1, 0.15) is 57.7 Å². The third-order valence-corrected chi connectivity index (χ3v) is 6.46. The number of benzene rings is 1. The van der Waals surface area contributed by atoms with Crippen molar-refractivity contribution >= 4 is 22.6 Å². The van der Waals surface area contributed by atoms with Crippen molar-refractivity contribution in [1.29, 1.82) is 0 Å². The van der Waals surface area contributed by atoms with E-state index in [1.807, 2.05) is 42.2 Å². The standard InChI is InChI=1S/C25H27N5O3/c1-17-20(24(31)29-12-14-33-15-13-29)16-27-23(28-17)21-8-4-5-11-30(21)25(32)22-19-7-3-2-6-18(19)9-10-26-22/h2-3,6-7,9-10,16,21H,4-5,8,11-15H2,1H3. The molecule has 0 aliphatic carbocycles. The van der Waals surface area contributed by atoms with Crippen LogP contribution >= 0.6 is 0 Å². The number of piperidine rings is 1. The summed E-state index contributed by atoms with van der Waals surface area (Å²) in [5, 5.41) is 1.83. The second kappa shape index (κ2) is 9.23. The first kappa shape index (κ1) is 21.5. The Balaban J connectivity index is 1.43. The monoisotopic (exact) mass is 445 g/mol. The molecule has 2 aliphatic rings. The first-order chi connectivity index (χ1) is 16.1. The van der Waals surface area contributed by atoms with Gasteiger partial charge in [-0.05, 0) is 37.6 Å². The van der Waals surface area contributed by atoms with Gasteiger partial charge in [-0.15, -0.1) is 0 Å². The fourth-order valence-corrected chi connectivity index (χ4v) is 4.66. The maximum Gasteiger partial charge on any atom is 0.273 e. The number of aryl methyl sites for hydroxylation is 1. The molecule has 2 fully saturated rings. The van der Waals surface area contributed by atoms with Crippen LogP contribution in [0.5, 0.6) is 0 Å². The zero-order valence-electron chi connectivity index (χ0n) is 18.7. The van der Waals surface area contributed by atoms with Crippen molar-refractivity contribution in [2.75, 3.05) is 32.8 Å². The highest BCUT2D eigenvalue weighted by atomic mass is 16.5. The number of ether oxygens (including phenoxy) is 1. The van der Waals surface area contributed by atoms with Crippen LogP contribution < -0.4 is 0 Å². The van der Waals surface area contributed by atoms with Crippen LogP contribution in [-0.2, 0) is 4.74 Å². The van der Waals surface area contributed by atoms with Crippen molar-refractivity contribution < 1.29 is 14.3 Å². The van der Waals surface area contributed by atoms with Gasteiger partial charge in [0.25, 0.3) is 11.8 Å². The summed E-state index contributed by atoms with van der Waals surface area (Å²) in [5.74, 6) is 0.407. The lowest BCUT2D eigenvalue weighted by Gasteiger charge is -2.35. The zero-order valence-corrected chi connectivity index (χ0v) is 18.7. The highest BCUT2D eigenvalue weighted by Gasteiger charge is 2.32.